The van der Waals surface area contributed by atoms with E-state index in [0.717, 1.165) is 19.4 Å². The van der Waals surface area contributed by atoms with Crippen LogP contribution >= 0.6 is 0 Å². The molecule has 1 N–H and O–H groups in total. The van der Waals surface area contributed by atoms with Gasteiger partial charge in [0.15, 0.2) is 5.82 Å². The minimum atomic E-state index is -0.920. The Bertz CT molecular complexity index is 502. The Morgan fingerprint density at radius 3 is 2.58 bits per heavy atom. The van der Waals surface area contributed by atoms with E-state index in [1.165, 1.54) is 0 Å². The first kappa shape index (κ1) is 13.8. The molecule has 2 rings (SSSR count). The maximum Gasteiger partial charge on any atom is 0.339 e. The van der Waals surface area contributed by atoms with E-state index in [9.17, 15) is 9.90 Å². The monoisotopic (exact) mass is 263 g/mol. The van der Waals surface area contributed by atoms with E-state index in [1.54, 1.807) is 13.8 Å². The van der Waals surface area contributed by atoms with Crippen LogP contribution in [0.4, 0.5) is 5.82 Å². The number of rotatable bonds is 2. The average Bonchev–Trinajstić information content (AvgIpc) is 2.32. The van der Waals surface area contributed by atoms with Crippen LogP contribution in [0.2, 0.25) is 0 Å². The van der Waals surface area contributed by atoms with Gasteiger partial charge < -0.3 is 10.0 Å². The minimum Gasteiger partial charge on any atom is -0.478 e. The molecule has 2 atom stereocenters. The molecule has 5 nitrogen and oxygen atoms in total. The molecule has 0 saturated carbocycles. The second kappa shape index (κ2) is 5.15. The van der Waals surface area contributed by atoms with E-state index in [4.69, 9.17) is 0 Å². The zero-order chi connectivity index (χ0) is 14.2. The molecule has 0 aliphatic carbocycles. The number of carboxylic acids is 1. The van der Waals surface area contributed by atoms with Crippen molar-refractivity contribution in [3.63, 3.8) is 0 Å². The van der Waals surface area contributed by atoms with Crippen LogP contribution in [0.15, 0.2) is 0 Å². The van der Waals surface area contributed by atoms with Crippen LogP contribution in [0.3, 0.4) is 0 Å². The number of hydrogen-bond donors (Lipinski definition) is 1. The van der Waals surface area contributed by atoms with E-state index in [0.29, 0.717) is 34.6 Å². The first-order valence-corrected chi connectivity index (χ1v) is 6.75. The number of hydrogen-bond acceptors (Lipinski definition) is 4. The highest BCUT2D eigenvalue weighted by atomic mass is 16.4. The Morgan fingerprint density at radius 2 is 2.00 bits per heavy atom. The molecule has 104 valence electrons. The van der Waals surface area contributed by atoms with Crippen molar-refractivity contribution < 1.29 is 9.90 Å². The van der Waals surface area contributed by atoms with Gasteiger partial charge in [0.2, 0.25) is 0 Å². The molecule has 1 aromatic rings. The van der Waals surface area contributed by atoms with Crippen molar-refractivity contribution in [2.45, 2.75) is 46.6 Å². The molecular weight excluding hydrogens is 242 g/mol. The lowest BCUT2D eigenvalue weighted by Crippen LogP contribution is -2.42. The van der Waals surface area contributed by atoms with Crippen LogP contribution in [0.5, 0.6) is 0 Å². The van der Waals surface area contributed by atoms with Crippen molar-refractivity contribution in [3.05, 3.63) is 16.8 Å². The Morgan fingerprint density at radius 1 is 1.32 bits per heavy atom. The molecule has 1 aliphatic heterocycles. The molecule has 1 aromatic heterocycles. The SMILES string of the molecule is Cc1nnc(N2CCC(C)CC2C)c(C(=O)O)c1C. The number of carbonyl (C=O) groups is 1. The smallest absolute Gasteiger partial charge is 0.339 e. The first-order valence-electron chi connectivity index (χ1n) is 6.75. The maximum absolute atomic E-state index is 11.5. The average molecular weight is 263 g/mol. The molecule has 19 heavy (non-hydrogen) atoms. The van der Waals surface area contributed by atoms with Crippen LogP contribution in [0.25, 0.3) is 0 Å². The summed E-state index contributed by atoms with van der Waals surface area (Å²) in [6, 6.07) is 0.304. The summed E-state index contributed by atoms with van der Waals surface area (Å²) in [6.07, 6.45) is 2.13. The third-order valence-electron chi connectivity index (χ3n) is 4.06. The summed E-state index contributed by atoms with van der Waals surface area (Å²) in [7, 11) is 0. The number of aryl methyl sites for hydroxylation is 1. The third-order valence-corrected chi connectivity index (χ3v) is 4.06. The van der Waals surface area contributed by atoms with E-state index in [1.807, 2.05) is 0 Å². The fourth-order valence-electron chi connectivity index (χ4n) is 2.77. The molecule has 0 spiro atoms. The lowest BCUT2D eigenvalue weighted by Gasteiger charge is -2.37. The molecule has 2 heterocycles. The number of carboxylic acid groups (broad SMARTS) is 1. The van der Waals surface area contributed by atoms with Gasteiger partial charge in [-0.15, -0.1) is 5.10 Å². The lowest BCUT2D eigenvalue weighted by molar-refractivity contribution is 0.0695. The molecule has 0 radical (unpaired) electrons. The summed E-state index contributed by atoms with van der Waals surface area (Å²) in [5.41, 5.74) is 1.69. The van der Waals surface area contributed by atoms with Gasteiger partial charge in [0, 0.05) is 12.6 Å². The summed E-state index contributed by atoms with van der Waals surface area (Å²) in [6.45, 7) is 8.80. The van der Waals surface area contributed by atoms with Gasteiger partial charge in [-0.2, -0.15) is 5.10 Å². The zero-order valence-corrected chi connectivity index (χ0v) is 12.0. The highest BCUT2D eigenvalue weighted by Crippen LogP contribution is 2.30. The van der Waals surface area contributed by atoms with E-state index in [-0.39, 0.29) is 0 Å². The van der Waals surface area contributed by atoms with Gasteiger partial charge >= 0.3 is 5.97 Å². The summed E-state index contributed by atoms with van der Waals surface area (Å²) < 4.78 is 0. The largest absolute Gasteiger partial charge is 0.478 e. The maximum atomic E-state index is 11.5. The van der Waals surface area contributed by atoms with Gasteiger partial charge in [-0.3, -0.25) is 0 Å². The van der Waals surface area contributed by atoms with Crippen molar-refractivity contribution in [1.82, 2.24) is 10.2 Å². The summed E-state index contributed by atoms with van der Waals surface area (Å²) in [5.74, 6) is 0.283. The van der Waals surface area contributed by atoms with Crippen LogP contribution in [0, 0.1) is 19.8 Å². The molecule has 2 unspecified atom stereocenters. The number of anilines is 1. The van der Waals surface area contributed by atoms with Gasteiger partial charge in [-0.25, -0.2) is 4.79 Å². The molecule has 0 bridgehead atoms. The van der Waals surface area contributed by atoms with Gasteiger partial charge in [-0.05, 0) is 45.1 Å². The number of aromatic carboxylic acids is 1. The van der Waals surface area contributed by atoms with Gasteiger partial charge in [0.25, 0.3) is 0 Å². The zero-order valence-electron chi connectivity index (χ0n) is 12.0. The van der Waals surface area contributed by atoms with Crippen LogP contribution in [0.1, 0.15) is 48.3 Å². The molecule has 1 fully saturated rings. The molecular formula is C14H21N3O2. The lowest BCUT2D eigenvalue weighted by atomic mass is 9.93. The fourth-order valence-corrected chi connectivity index (χ4v) is 2.77. The normalized spacial score (nSPS) is 23.5. The number of nitrogens with zero attached hydrogens (tertiary/aromatic N) is 3. The predicted octanol–water partition coefficient (Wildman–Crippen LogP) is 2.42. The predicted molar refractivity (Wildman–Crippen MR) is 73.7 cm³/mol. The van der Waals surface area contributed by atoms with Gasteiger partial charge in [-0.1, -0.05) is 6.92 Å². The molecule has 1 aliphatic rings. The van der Waals surface area contributed by atoms with E-state index < -0.39 is 5.97 Å². The van der Waals surface area contributed by atoms with Gasteiger partial charge in [0.1, 0.15) is 5.56 Å². The van der Waals surface area contributed by atoms with Crippen molar-refractivity contribution in [3.8, 4) is 0 Å². The highest BCUT2D eigenvalue weighted by Gasteiger charge is 2.29. The summed E-state index contributed by atoms with van der Waals surface area (Å²) in [4.78, 5) is 13.6. The quantitative estimate of drug-likeness (QED) is 0.887. The van der Waals surface area contributed by atoms with Crippen LogP contribution in [-0.2, 0) is 0 Å². The Hall–Kier alpha value is -1.65. The fraction of sp³-hybridized carbons (Fsp3) is 0.643. The molecule has 5 heteroatoms. The Labute approximate surface area is 113 Å². The minimum absolute atomic E-state index is 0.300. The van der Waals surface area contributed by atoms with E-state index >= 15 is 0 Å². The third kappa shape index (κ3) is 2.55. The molecule has 0 aromatic carbocycles. The van der Waals surface area contributed by atoms with Crippen LogP contribution in [-0.4, -0.2) is 33.9 Å². The van der Waals surface area contributed by atoms with E-state index in [2.05, 4.69) is 28.9 Å². The topological polar surface area (TPSA) is 66.3 Å². The second-order valence-electron chi connectivity index (χ2n) is 5.59. The standard InChI is InChI=1S/C14H21N3O2/c1-8-5-6-17(9(2)7-8)13-12(14(18)19)10(3)11(4)15-16-13/h8-9H,5-7H2,1-4H3,(H,18,19). The number of piperidine rings is 1. The summed E-state index contributed by atoms with van der Waals surface area (Å²) in [5, 5.41) is 17.7. The Balaban J connectivity index is 2.45. The second-order valence-corrected chi connectivity index (χ2v) is 5.59. The number of aromatic nitrogens is 2. The Kier molecular flexibility index (Phi) is 3.73. The van der Waals surface area contributed by atoms with Gasteiger partial charge in [0.05, 0.1) is 5.69 Å². The van der Waals surface area contributed by atoms with Crippen molar-refractivity contribution in [1.29, 1.82) is 0 Å². The highest BCUT2D eigenvalue weighted by molar-refractivity contribution is 5.95. The molecule has 1 saturated heterocycles. The molecule has 0 amide bonds. The van der Waals surface area contributed by atoms with Crippen molar-refractivity contribution in [2.75, 3.05) is 11.4 Å². The first-order chi connectivity index (χ1) is 8.91. The van der Waals surface area contributed by atoms with Crippen molar-refractivity contribution in [2.24, 2.45) is 5.92 Å². The van der Waals surface area contributed by atoms with Crippen molar-refractivity contribution >= 4 is 11.8 Å². The van der Waals surface area contributed by atoms with Crippen LogP contribution < -0.4 is 4.90 Å². The summed E-state index contributed by atoms with van der Waals surface area (Å²) >= 11 is 0.